The van der Waals surface area contributed by atoms with Crippen molar-refractivity contribution < 1.29 is 23.1 Å². The van der Waals surface area contributed by atoms with Gasteiger partial charge in [-0.15, -0.1) is 0 Å². The average molecular weight is 753 g/mol. The summed E-state index contributed by atoms with van der Waals surface area (Å²) in [4.78, 5) is 36.3. The van der Waals surface area contributed by atoms with Crippen molar-refractivity contribution in [3.8, 4) is 17.3 Å². The van der Waals surface area contributed by atoms with Crippen LogP contribution >= 0.6 is 23.2 Å². The van der Waals surface area contributed by atoms with Crippen molar-refractivity contribution in [2.24, 2.45) is 0 Å². The summed E-state index contributed by atoms with van der Waals surface area (Å²) < 4.78 is 29.0. The number of hydrogen-bond donors (Lipinski definition) is 1. The van der Waals surface area contributed by atoms with Crippen molar-refractivity contribution in [3.05, 3.63) is 63.6 Å². The number of fused-ring (bicyclic) bond motifs is 2. The highest BCUT2D eigenvalue weighted by Gasteiger charge is 2.39. The van der Waals surface area contributed by atoms with E-state index in [0.29, 0.717) is 60.7 Å². The Balaban J connectivity index is 1.53. The van der Waals surface area contributed by atoms with Crippen molar-refractivity contribution in [1.82, 2.24) is 14.9 Å². The topological polar surface area (TPSA) is 117 Å². The van der Waals surface area contributed by atoms with Gasteiger partial charge >= 0.3 is 6.09 Å². The maximum atomic E-state index is 16.7. The summed E-state index contributed by atoms with van der Waals surface area (Å²) in [5.74, 6) is -0.784. The zero-order valence-electron chi connectivity index (χ0n) is 30.3. The predicted octanol–water partition coefficient (Wildman–Crippen LogP) is 10.2. The van der Waals surface area contributed by atoms with Crippen molar-refractivity contribution in [3.63, 3.8) is 0 Å². The van der Waals surface area contributed by atoms with E-state index in [-0.39, 0.29) is 55.0 Å². The Morgan fingerprint density at radius 3 is 2.57 bits per heavy atom. The van der Waals surface area contributed by atoms with E-state index in [1.165, 1.54) is 6.20 Å². The van der Waals surface area contributed by atoms with Crippen LogP contribution in [0.4, 0.5) is 14.9 Å². The number of ether oxygens (including phenoxy) is 1. The van der Waals surface area contributed by atoms with E-state index in [4.69, 9.17) is 32.4 Å². The summed E-state index contributed by atoms with van der Waals surface area (Å²) in [5.41, 5.74) is 0.0678. The Bertz CT molecular complexity index is 2030. The zero-order valence-corrected chi connectivity index (χ0v) is 32.8. The third-order valence-electron chi connectivity index (χ3n) is 9.84. The number of aromatic nitrogens is 2. The molecule has 1 fully saturated rings. The standard InChI is InChI=1S/C38H44Cl2FN5O4Si/c1-37(2,3)50-36(48)46-16-13-24(18-25(46)14-17-49-51(7,8)38(4,5)6)44-32-26-19-28(39)30(31(41)33(26)45-35(40)27(32)21-47)34-29-22(12-15-43-34)10-9-11-23(29)20-42/h9-12,15,19,21,24-25H,13-14,16-18H2,1-8H3,(H,44,45)/t24-,25+/m0/s1. The molecule has 0 spiro atoms. The predicted molar refractivity (Wildman–Crippen MR) is 204 cm³/mol. The van der Waals surface area contributed by atoms with Crippen LogP contribution in [0.25, 0.3) is 32.9 Å². The van der Waals surface area contributed by atoms with Gasteiger partial charge in [0, 0.05) is 42.2 Å². The quantitative estimate of drug-likeness (QED) is 0.107. The Labute approximate surface area is 309 Å². The molecule has 0 unspecified atom stereocenters. The molecule has 2 aromatic heterocycles. The molecule has 5 rings (SSSR count). The molecule has 270 valence electrons. The Hall–Kier alpha value is -3.82. The minimum absolute atomic E-state index is 0.0252. The molecule has 0 bridgehead atoms. The molecular formula is C38H44Cl2FN5O4Si. The van der Waals surface area contributed by atoms with E-state index in [1.54, 1.807) is 29.2 Å². The number of nitrogens with zero attached hydrogens (tertiary/aromatic N) is 4. The summed E-state index contributed by atoms with van der Waals surface area (Å²) in [5, 5.41) is 14.6. The van der Waals surface area contributed by atoms with Gasteiger partial charge in [0.1, 0.15) is 16.3 Å². The molecule has 2 aromatic carbocycles. The highest BCUT2D eigenvalue weighted by Crippen LogP contribution is 2.43. The second kappa shape index (κ2) is 14.7. The number of rotatable bonds is 8. The number of benzene rings is 2. The number of carbonyl (C=O) groups excluding carboxylic acids is 2. The summed E-state index contributed by atoms with van der Waals surface area (Å²) >= 11 is 13.4. The van der Waals surface area contributed by atoms with E-state index in [0.717, 1.165) is 0 Å². The lowest BCUT2D eigenvalue weighted by Gasteiger charge is -2.42. The highest BCUT2D eigenvalue weighted by molar-refractivity contribution is 6.74. The Morgan fingerprint density at radius 1 is 1.20 bits per heavy atom. The molecule has 1 saturated heterocycles. The Kier molecular flexibility index (Phi) is 11.0. The highest BCUT2D eigenvalue weighted by atomic mass is 35.5. The van der Waals surface area contributed by atoms with Gasteiger partial charge < -0.3 is 19.4 Å². The van der Waals surface area contributed by atoms with Gasteiger partial charge in [0.25, 0.3) is 0 Å². The molecule has 1 N–H and O–H groups in total. The number of hydrogen-bond acceptors (Lipinski definition) is 8. The fourth-order valence-corrected chi connectivity index (χ4v) is 7.76. The van der Waals surface area contributed by atoms with Crippen molar-refractivity contribution in [2.45, 2.75) is 96.6 Å². The lowest BCUT2D eigenvalue weighted by atomic mass is 9.94. The van der Waals surface area contributed by atoms with E-state index < -0.39 is 25.8 Å². The van der Waals surface area contributed by atoms with Gasteiger partial charge in [-0.1, -0.05) is 56.1 Å². The van der Waals surface area contributed by atoms with Crippen LogP contribution in [0.2, 0.25) is 28.3 Å². The van der Waals surface area contributed by atoms with Gasteiger partial charge in [-0.25, -0.2) is 14.2 Å². The van der Waals surface area contributed by atoms with Crippen LogP contribution in [0.15, 0.2) is 36.5 Å². The second-order valence-electron chi connectivity index (χ2n) is 15.5. The molecule has 1 amide bonds. The number of amides is 1. The molecule has 0 aliphatic carbocycles. The number of pyridine rings is 2. The minimum atomic E-state index is -2.04. The first kappa shape index (κ1) is 38.4. The van der Waals surface area contributed by atoms with Gasteiger partial charge in [-0.3, -0.25) is 9.78 Å². The fourth-order valence-electron chi connectivity index (χ4n) is 6.20. The fraction of sp³-hybridized carbons (Fsp3) is 0.447. The minimum Gasteiger partial charge on any atom is -0.444 e. The molecule has 2 atom stereocenters. The summed E-state index contributed by atoms with van der Waals surface area (Å²) in [6.07, 6.45) is 3.32. The Morgan fingerprint density at radius 2 is 1.92 bits per heavy atom. The van der Waals surface area contributed by atoms with Crippen LogP contribution < -0.4 is 5.32 Å². The van der Waals surface area contributed by atoms with Gasteiger partial charge in [0.2, 0.25) is 0 Å². The normalized spacial score (nSPS) is 17.0. The zero-order chi connectivity index (χ0) is 37.5. The van der Waals surface area contributed by atoms with E-state index in [1.807, 2.05) is 26.8 Å². The summed E-state index contributed by atoms with van der Waals surface area (Å²) in [7, 11) is -2.04. The molecule has 0 radical (unpaired) electrons. The maximum absolute atomic E-state index is 16.7. The first-order valence-electron chi connectivity index (χ1n) is 17.0. The van der Waals surface area contributed by atoms with E-state index >= 15 is 4.39 Å². The molecule has 51 heavy (non-hydrogen) atoms. The molecular weight excluding hydrogens is 708 g/mol. The molecule has 13 heteroatoms. The number of piperidine rings is 1. The third kappa shape index (κ3) is 7.99. The van der Waals surface area contributed by atoms with Crippen LogP contribution in [0.5, 0.6) is 0 Å². The lowest BCUT2D eigenvalue weighted by molar-refractivity contribution is 0.00624. The van der Waals surface area contributed by atoms with Gasteiger partial charge in [0.15, 0.2) is 20.4 Å². The van der Waals surface area contributed by atoms with Crippen LogP contribution in [-0.2, 0) is 9.16 Å². The second-order valence-corrected chi connectivity index (χ2v) is 21.1. The van der Waals surface area contributed by atoms with Gasteiger partial charge in [0.05, 0.1) is 39.2 Å². The third-order valence-corrected chi connectivity index (χ3v) is 15.0. The molecule has 3 heterocycles. The summed E-state index contributed by atoms with van der Waals surface area (Å²) in [6, 6.07) is 10.2. The first-order chi connectivity index (χ1) is 23.9. The summed E-state index contributed by atoms with van der Waals surface area (Å²) in [6.45, 7) is 17.3. The van der Waals surface area contributed by atoms with E-state index in [2.05, 4.69) is 55.2 Å². The van der Waals surface area contributed by atoms with Gasteiger partial charge in [-0.05, 0) is 81.8 Å². The average Bonchev–Trinajstić information content (AvgIpc) is 3.04. The molecule has 1 aliphatic rings. The largest absolute Gasteiger partial charge is 0.444 e. The smallest absolute Gasteiger partial charge is 0.410 e. The number of halogens is 3. The van der Waals surface area contributed by atoms with Crippen LogP contribution in [0, 0.1) is 17.1 Å². The maximum Gasteiger partial charge on any atom is 0.410 e. The SMILES string of the molecule is CC(C)(C)OC(=O)N1CC[C@H](Nc2c(C=O)c(Cl)nc3c(F)c(-c4nccc5cccc(C#N)c45)c(Cl)cc23)C[C@H]1CCO[Si](C)(C)C(C)(C)C. The van der Waals surface area contributed by atoms with Crippen LogP contribution in [0.3, 0.4) is 0 Å². The first-order valence-corrected chi connectivity index (χ1v) is 20.7. The van der Waals surface area contributed by atoms with Crippen LogP contribution in [0.1, 0.15) is 76.7 Å². The number of aldehydes is 1. The molecule has 1 aliphatic heterocycles. The number of carbonyl (C=O) groups is 2. The van der Waals surface area contributed by atoms with Crippen LogP contribution in [-0.4, -0.2) is 66.4 Å². The molecule has 0 saturated carbocycles. The number of anilines is 1. The van der Waals surface area contributed by atoms with Crippen molar-refractivity contribution >= 4 is 71.3 Å². The molecule has 4 aromatic rings. The van der Waals surface area contributed by atoms with Crippen molar-refractivity contribution in [1.29, 1.82) is 5.26 Å². The van der Waals surface area contributed by atoms with Gasteiger partial charge in [-0.2, -0.15) is 5.26 Å². The van der Waals surface area contributed by atoms with Crippen molar-refractivity contribution in [2.75, 3.05) is 18.5 Å². The monoisotopic (exact) mass is 751 g/mol. The number of likely N-dealkylation sites (tertiary alicyclic amines) is 1. The number of nitrogens with one attached hydrogen (secondary N) is 1. The molecule has 9 nitrogen and oxygen atoms in total. The van der Waals surface area contributed by atoms with E-state index in [9.17, 15) is 14.9 Å². The lowest BCUT2D eigenvalue weighted by Crippen LogP contribution is -2.51. The number of nitriles is 1.